The van der Waals surface area contributed by atoms with Crippen LogP contribution in [0.5, 0.6) is 0 Å². The molecule has 0 spiro atoms. The number of nitrogens with zero attached hydrogens (tertiary/aromatic N) is 1. The van der Waals surface area contributed by atoms with Crippen molar-refractivity contribution in [3.05, 3.63) is 47.8 Å². The van der Waals surface area contributed by atoms with E-state index < -0.39 is 21.8 Å². The van der Waals surface area contributed by atoms with Crippen LogP contribution in [0.1, 0.15) is 19.4 Å². The molecule has 0 atom stereocenters. The second kappa shape index (κ2) is 4.69. The molecule has 0 amide bonds. The summed E-state index contributed by atoms with van der Waals surface area (Å²) >= 11 is 0. The van der Waals surface area contributed by atoms with Crippen LogP contribution in [-0.2, 0) is 0 Å². The first kappa shape index (κ1) is 7.24. The van der Waals surface area contributed by atoms with Crippen LogP contribution in [0.2, 0.25) is 19.6 Å². The number of rotatable bonds is 2. The molecule has 1 nitrogen and oxygen atoms in total. The average molecular weight is 261 g/mol. The third-order valence-electron chi connectivity index (χ3n) is 3.00. The summed E-state index contributed by atoms with van der Waals surface area (Å²) in [5.41, 5.74) is 1.10. The van der Waals surface area contributed by atoms with Crippen molar-refractivity contribution in [3.63, 3.8) is 0 Å². The van der Waals surface area contributed by atoms with Crippen molar-refractivity contribution in [2.45, 2.75) is 33.3 Å². The molecule has 0 radical (unpaired) electrons. The maximum absolute atomic E-state index is 7.88. The molecule has 0 fully saturated rings. The Labute approximate surface area is 119 Å². The number of hydrogen-bond donors (Lipinski definition) is 0. The normalized spacial score (nSPS) is 17.9. The lowest BCUT2D eigenvalue weighted by molar-refractivity contribution is 1.26. The van der Waals surface area contributed by atoms with E-state index >= 15 is 0 Å². The Hall–Kier alpha value is -1.41. The van der Waals surface area contributed by atoms with Gasteiger partial charge in [-0.05, 0) is 42.0 Å². The fourth-order valence-electron chi connectivity index (χ4n) is 1.87. The van der Waals surface area contributed by atoms with E-state index in [1.165, 1.54) is 12.4 Å². The molecule has 0 saturated carbocycles. The van der Waals surface area contributed by atoms with E-state index in [2.05, 4.69) is 24.6 Å². The molecule has 0 N–H and O–H groups in total. The zero-order valence-corrected chi connectivity index (χ0v) is 11.9. The number of hydrogen-bond acceptors (Lipinski definition) is 1. The number of benzene rings is 1. The first-order chi connectivity index (χ1) is 10.8. The van der Waals surface area contributed by atoms with Crippen LogP contribution in [-0.4, -0.2) is 13.1 Å². The predicted octanol–water partition coefficient (Wildman–Crippen LogP) is 3.91. The van der Waals surface area contributed by atoms with Gasteiger partial charge in [0, 0.05) is 20.6 Å². The lowest BCUT2D eigenvalue weighted by Crippen LogP contribution is -2.37. The summed E-state index contributed by atoms with van der Waals surface area (Å²) in [5, 5.41) is 1.03. The van der Waals surface area contributed by atoms with Gasteiger partial charge in [-0.3, -0.25) is 4.98 Å². The Morgan fingerprint density at radius 2 is 1.72 bits per heavy atom. The van der Waals surface area contributed by atoms with E-state index in [1.54, 1.807) is 18.2 Å². The second-order valence-corrected chi connectivity index (χ2v) is 10.5. The van der Waals surface area contributed by atoms with Crippen LogP contribution in [0.4, 0.5) is 0 Å². The van der Waals surface area contributed by atoms with Crippen LogP contribution >= 0.6 is 0 Å². The molecular formula is C16H21NSi. The van der Waals surface area contributed by atoms with Crippen LogP contribution in [0.15, 0.2) is 36.7 Å². The summed E-state index contributed by atoms with van der Waals surface area (Å²) in [7, 11) is -1.69. The van der Waals surface area contributed by atoms with Gasteiger partial charge < -0.3 is 0 Å². The van der Waals surface area contributed by atoms with Crippen LogP contribution in [0, 0.1) is 13.7 Å². The van der Waals surface area contributed by atoms with Crippen molar-refractivity contribution in [1.82, 2.24) is 4.98 Å². The topological polar surface area (TPSA) is 12.9 Å². The molecule has 2 heteroatoms. The van der Waals surface area contributed by atoms with Crippen LogP contribution < -0.4 is 5.19 Å². The summed E-state index contributed by atoms with van der Waals surface area (Å²) in [5.74, 6) is 0. The highest BCUT2D eigenvalue weighted by atomic mass is 28.3. The molecular weight excluding hydrogens is 234 g/mol. The van der Waals surface area contributed by atoms with Crippen molar-refractivity contribution in [2.24, 2.45) is 0 Å². The molecule has 1 aromatic carbocycles. The summed E-state index contributed by atoms with van der Waals surface area (Å²) in [6, 6.07) is 6.94. The lowest BCUT2D eigenvalue weighted by atomic mass is 9.98. The summed E-state index contributed by atoms with van der Waals surface area (Å²) < 4.78 is 46.7. The minimum atomic E-state index is -2.35. The summed E-state index contributed by atoms with van der Waals surface area (Å²) in [6.45, 7) is 1.76. The standard InChI is InChI=1S/C16H21NSi/c1-12-10-14(18(3,4)5)6-7-15(12)16-8-9-17-11-13(16)2/h6-11H,1-5H3/i1D3,2D3. The summed E-state index contributed by atoms with van der Waals surface area (Å²) in [6.07, 6.45) is 2.78. The fraction of sp³-hybridized carbons (Fsp3) is 0.312. The first-order valence-corrected chi connectivity index (χ1v) is 9.42. The zero-order valence-electron chi connectivity index (χ0n) is 16.9. The van der Waals surface area contributed by atoms with Gasteiger partial charge in [-0.15, -0.1) is 0 Å². The molecule has 0 saturated heterocycles. The maximum Gasteiger partial charge on any atom is 0.0776 e. The molecule has 0 unspecified atom stereocenters. The Kier molecular flexibility index (Phi) is 1.89. The first-order valence-electron chi connectivity index (χ1n) is 8.92. The van der Waals surface area contributed by atoms with E-state index in [1.807, 2.05) is 6.07 Å². The SMILES string of the molecule is [2H]C([2H])([2H])c1cnccc1-c1ccc([Si](C)(C)C)cc1C([2H])([2H])[2H]. The third-order valence-corrected chi connectivity index (χ3v) is 5.04. The van der Waals surface area contributed by atoms with Crippen molar-refractivity contribution in [1.29, 1.82) is 0 Å². The monoisotopic (exact) mass is 261 g/mol. The highest BCUT2D eigenvalue weighted by Crippen LogP contribution is 2.25. The van der Waals surface area contributed by atoms with Crippen LogP contribution in [0.3, 0.4) is 0 Å². The number of pyridine rings is 1. The smallest absolute Gasteiger partial charge is 0.0776 e. The quantitative estimate of drug-likeness (QED) is 0.747. The Morgan fingerprint density at radius 1 is 1.00 bits per heavy atom. The van der Waals surface area contributed by atoms with E-state index in [-0.39, 0.29) is 11.1 Å². The average Bonchev–Trinajstić information content (AvgIpc) is 2.44. The minimum absolute atomic E-state index is 0.0660. The van der Waals surface area contributed by atoms with Gasteiger partial charge in [-0.25, -0.2) is 0 Å². The maximum atomic E-state index is 7.88. The fourth-order valence-corrected chi connectivity index (χ4v) is 3.04. The highest BCUT2D eigenvalue weighted by Gasteiger charge is 2.17. The van der Waals surface area contributed by atoms with Crippen molar-refractivity contribution in [3.8, 4) is 11.1 Å². The largest absolute Gasteiger partial charge is 0.264 e. The second-order valence-electron chi connectivity index (χ2n) is 5.43. The molecule has 18 heavy (non-hydrogen) atoms. The van der Waals surface area contributed by atoms with Crippen LogP contribution in [0.25, 0.3) is 11.1 Å². The zero-order chi connectivity index (χ0) is 18.3. The van der Waals surface area contributed by atoms with E-state index in [0.29, 0.717) is 11.1 Å². The summed E-state index contributed by atoms with van der Waals surface area (Å²) in [4.78, 5) is 3.89. The minimum Gasteiger partial charge on any atom is -0.264 e. The van der Waals surface area contributed by atoms with Gasteiger partial charge in [-0.1, -0.05) is 43.0 Å². The Morgan fingerprint density at radius 3 is 2.39 bits per heavy atom. The van der Waals surface area contributed by atoms with Crippen molar-refractivity contribution >= 4 is 13.3 Å². The van der Waals surface area contributed by atoms with Crippen molar-refractivity contribution < 1.29 is 8.22 Å². The highest BCUT2D eigenvalue weighted by molar-refractivity contribution is 6.88. The van der Waals surface area contributed by atoms with Gasteiger partial charge in [0.15, 0.2) is 0 Å². The molecule has 2 aromatic rings. The van der Waals surface area contributed by atoms with Crippen molar-refractivity contribution in [2.75, 3.05) is 0 Å². The molecule has 0 bridgehead atoms. The number of aromatic nitrogens is 1. The molecule has 1 aromatic heterocycles. The molecule has 0 aliphatic rings. The van der Waals surface area contributed by atoms with Gasteiger partial charge in [-0.2, -0.15) is 0 Å². The van der Waals surface area contributed by atoms with Gasteiger partial charge in [0.05, 0.1) is 8.07 Å². The predicted molar refractivity (Wildman–Crippen MR) is 82.1 cm³/mol. The lowest BCUT2D eigenvalue weighted by Gasteiger charge is -2.19. The molecule has 0 aliphatic carbocycles. The van der Waals surface area contributed by atoms with Gasteiger partial charge >= 0.3 is 0 Å². The molecule has 0 aliphatic heterocycles. The van der Waals surface area contributed by atoms with E-state index in [0.717, 1.165) is 5.19 Å². The molecule has 2 rings (SSSR count). The number of aryl methyl sites for hydroxylation is 2. The van der Waals surface area contributed by atoms with Gasteiger partial charge in [0.25, 0.3) is 0 Å². The van der Waals surface area contributed by atoms with E-state index in [9.17, 15) is 0 Å². The molecule has 1 heterocycles. The Bertz CT molecular complexity index is 743. The van der Waals surface area contributed by atoms with Gasteiger partial charge in [0.1, 0.15) is 0 Å². The van der Waals surface area contributed by atoms with E-state index in [4.69, 9.17) is 8.22 Å². The Balaban J connectivity index is 2.77. The van der Waals surface area contributed by atoms with Gasteiger partial charge in [0.2, 0.25) is 0 Å². The third kappa shape index (κ3) is 2.54. The molecule has 94 valence electrons.